The maximum atomic E-state index is 13.0. The maximum Gasteiger partial charge on any atom is 0.223 e. The van der Waals surface area contributed by atoms with Gasteiger partial charge in [0.25, 0.3) is 0 Å². The molecular formula is C22H17NO2S. The summed E-state index contributed by atoms with van der Waals surface area (Å²) in [7, 11) is -3.66. The third-order valence-electron chi connectivity index (χ3n) is 4.39. The number of nitrogens with zero attached hydrogens (tertiary/aromatic N) is 1. The van der Waals surface area contributed by atoms with E-state index < -0.39 is 9.84 Å². The van der Waals surface area contributed by atoms with E-state index in [2.05, 4.69) is 4.98 Å². The molecule has 0 unspecified atom stereocenters. The van der Waals surface area contributed by atoms with Crippen molar-refractivity contribution in [3.05, 3.63) is 90.5 Å². The van der Waals surface area contributed by atoms with Gasteiger partial charge in [0.05, 0.1) is 10.4 Å². The van der Waals surface area contributed by atoms with Crippen molar-refractivity contribution in [1.82, 2.24) is 4.98 Å². The number of hydrogen-bond donors (Lipinski definition) is 0. The van der Waals surface area contributed by atoms with Crippen LogP contribution in [0.1, 0.15) is 5.56 Å². The molecule has 3 nitrogen and oxygen atoms in total. The topological polar surface area (TPSA) is 47.0 Å². The molecule has 0 amide bonds. The minimum Gasteiger partial charge on any atom is -0.235 e. The molecule has 0 aliphatic carbocycles. The molecule has 0 atom stereocenters. The Kier molecular flexibility index (Phi) is 4.05. The molecule has 1 aromatic heterocycles. The summed E-state index contributed by atoms with van der Waals surface area (Å²) >= 11 is 0. The van der Waals surface area contributed by atoms with Crippen molar-refractivity contribution in [2.45, 2.75) is 16.8 Å². The molecule has 3 aromatic carbocycles. The molecule has 128 valence electrons. The highest BCUT2D eigenvalue weighted by Gasteiger charge is 2.20. The van der Waals surface area contributed by atoms with Crippen LogP contribution in [0.5, 0.6) is 0 Å². The van der Waals surface area contributed by atoms with Crippen molar-refractivity contribution < 1.29 is 8.42 Å². The molecule has 0 fully saturated rings. The fourth-order valence-corrected chi connectivity index (χ4v) is 4.16. The Hall–Kier alpha value is -2.98. The zero-order chi connectivity index (χ0) is 18.1. The molecule has 4 rings (SSSR count). The molecule has 0 radical (unpaired) electrons. The molecule has 1 heterocycles. The summed E-state index contributed by atoms with van der Waals surface area (Å²) in [6, 6.07) is 26.0. The molecule has 4 aromatic rings. The monoisotopic (exact) mass is 359 g/mol. The van der Waals surface area contributed by atoms with Crippen LogP contribution < -0.4 is 0 Å². The number of pyridine rings is 1. The second kappa shape index (κ2) is 6.39. The summed E-state index contributed by atoms with van der Waals surface area (Å²) in [5.41, 5.74) is 3.63. The van der Waals surface area contributed by atoms with Crippen molar-refractivity contribution in [3.8, 4) is 11.1 Å². The van der Waals surface area contributed by atoms with Gasteiger partial charge in [0.15, 0.2) is 5.03 Å². The Bertz CT molecular complexity index is 1180. The molecule has 0 spiro atoms. The number of rotatable bonds is 3. The Morgan fingerprint density at radius 3 is 2.19 bits per heavy atom. The standard InChI is InChI=1S/C22H17NO2S/c1-16-10-13-19(14-11-16)26(24,25)21-15-12-18-8-5-9-20(22(18)23-21)17-6-3-2-4-7-17/h2-15H,1H3. The lowest BCUT2D eigenvalue weighted by atomic mass is 10.0. The SMILES string of the molecule is Cc1ccc(S(=O)(=O)c2ccc3cccc(-c4ccccc4)c3n2)cc1. The second-order valence-electron chi connectivity index (χ2n) is 6.21. The number of hydrogen-bond acceptors (Lipinski definition) is 3. The van der Waals surface area contributed by atoms with E-state index in [0.717, 1.165) is 22.1 Å². The number of para-hydroxylation sites is 1. The first-order valence-electron chi connectivity index (χ1n) is 8.33. The van der Waals surface area contributed by atoms with Crippen LogP contribution in [0.15, 0.2) is 94.9 Å². The van der Waals surface area contributed by atoms with Gasteiger partial charge in [-0.15, -0.1) is 0 Å². The maximum absolute atomic E-state index is 13.0. The molecule has 0 saturated heterocycles. The number of aryl methyl sites for hydroxylation is 1. The van der Waals surface area contributed by atoms with E-state index in [-0.39, 0.29) is 9.92 Å². The number of fused-ring (bicyclic) bond motifs is 1. The van der Waals surface area contributed by atoms with Crippen LogP contribution in [-0.2, 0) is 9.84 Å². The quantitative estimate of drug-likeness (QED) is 0.515. The van der Waals surface area contributed by atoms with Gasteiger partial charge in [-0.1, -0.05) is 66.2 Å². The van der Waals surface area contributed by atoms with Gasteiger partial charge in [0, 0.05) is 10.9 Å². The van der Waals surface area contributed by atoms with Gasteiger partial charge < -0.3 is 0 Å². The van der Waals surface area contributed by atoms with Crippen LogP contribution in [0.3, 0.4) is 0 Å². The van der Waals surface area contributed by atoms with Crippen LogP contribution in [-0.4, -0.2) is 13.4 Å². The van der Waals surface area contributed by atoms with E-state index in [1.54, 1.807) is 30.3 Å². The van der Waals surface area contributed by atoms with Gasteiger partial charge in [0.2, 0.25) is 9.84 Å². The lowest BCUT2D eigenvalue weighted by molar-refractivity contribution is 0.593. The van der Waals surface area contributed by atoms with Crippen LogP contribution in [0.4, 0.5) is 0 Å². The lowest BCUT2D eigenvalue weighted by Gasteiger charge is -2.09. The van der Waals surface area contributed by atoms with Crippen molar-refractivity contribution in [2.75, 3.05) is 0 Å². The highest BCUT2D eigenvalue weighted by Crippen LogP contribution is 2.29. The average molecular weight is 359 g/mol. The van der Waals surface area contributed by atoms with Gasteiger partial charge in [0.1, 0.15) is 0 Å². The Morgan fingerprint density at radius 2 is 1.46 bits per heavy atom. The van der Waals surface area contributed by atoms with Gasteiger partial charge in [-0.05, 0) is 36.8 Å². The van der Waals surface area contributed by atoms with Gasteiger partial charge in [-0.3, -0.25) is 0 Å². The Balaban J connectivity index is 1.91. The number of benzene rings is 3. The molecule has 0 aliphatic rings. The summed E-state index contributed by atoms with van der Waals surface area (Å²) in [6.45, 7) is 1.93. The highest BCUT2D eigenvalue weighted by molar-refractivity contribution is 7.91. The predicted molar refractivity (Wildman–Crippen MR) is 104 cm³/mol. The summed E-state index contributed by atoms with van der Waals surface area (Å²) in [5.74, 6) is 0. The molecule has 0 aliphatic heterocycles. The van der Waals surface area contributed by atoms with E-state index in [9.17, 15) is 8.42 Å². The largest absolute Gasteiger partial charge is 0.235 e. The minimum absolute atomic E-state index is 0.0669. The Labute approximate surface area is 152 Å². The smallest absolute Gasteiger partial charge is 0.223 e. The molecule has 4 heteroatoms. The fraction of sp³-hybridized carbons (Fsp3) is 0.0455. The van der Waals surface area contributed by atoms with Crippen LogP contribution in [0.25, 0.3) is 22.0 Å². The summed E-state index contributed by atoms with van der Waals surface area (Å²) in [6.07, 6.45) is 0. The third-order valence-corrected chi connectivity index (χ3v) is 6.06. The van der Waals surface area contributed by atoms with Gasteiger partial charge in [-0.2, -0.15) is 0 Å². The molecule has 0 N–H and O–H groups in total. The minimum atomic E-state index is -3.66. The lowest BCUT2D eigenvalue weighted by Crippen LogP contribution is -2.05. The zero-order valence-electron chi connectivity index (χ0n) is 14.3. The normalized spacial score (nSPS) is 11.6. The van der Waals surface area contributed by atoms with Gasteiger partial charge >= 0.3 is 0 Å². The van der Waals surface area contributed by atoms with Gasteiger partial charge in [-0.25, -0.2) is 13.4 Å². The molecule has 0 saturated carbocycles. The second-order valence-corrected chi connectivity index (χ2v) is 8.11. The average Bonchev–Trinajstić information content (AvgIpc) is 2.68. The van der Waals surface area contributed by atoms with E-state index >= 15 is 0 Å². The molecular weight excluding hydrogens is 342 g/mol. The van der Waals surface area contributed by atoms with Crippen LogP contribution >= 0.6 is 0 Å². The van der Waals surface area contributed by atoms with Crippen molar-refractivity contribution >= 4 is 20.7 Å². The third kappa shape index (κ3) is 2.89. The first-order valence-corrected chi connectivity index (χ1v) is 9.81. The van der Waals surface area contributed by atoms with Crippen molar-refractivity contribution in [2.24, 2.45) is 0 Å². The van der Waals surface area contributed by atoms with E-state index in [0.29, 0.717) is 5.52 Å². The van der Waals surface area contributed by atoms with Crippen molar-refractivity contribution in [3.63, 3.8) is 0 Å². The fourth-order valence-electron chi connectivity index (χ4n) is 2.97. The van der Waals surface area contributed by atoms with E-state index in [1.165, 1.54) is 0 Å². The molecule has 0 bridgehead atoms. The van der Waals surface area contributed by atoms with E-state index in [4.69, 9.17) is 0 Å². The predicted octanol–water partition coefficient (Wildman–Crippen LogP) is 5.04. The number of sulfone groups is 1. The number of aromatic nitrogens is 1. The van der Waals surface area contributed by atoms with E-state index in [1.807, 2.05) is 61.5 Å². The van der Waals surface area contributed by atoms with Crippen LogP contribution in [0, 0.1) is 6.92 Å². The van der Waals surface area contributed by atoms with Crippen LogP contribution in [0.2, 0.25) is 0 Å². The first kappa shape index (κ1) is 16.5. The van der Waals surface area contributed by atoms with Crippen molar-refractivity contribution in [1.29, 1.82) is 0 Å². The highest BCUT2D eigenvalue weighted by atomic mass is 32.2. The summed E-state index contributed by atoms with van der Waals surface area (Å²) in [4.78, 5) is 4.79. The summed E-state index contributed by atoms with van der Waals surface area (Å²) in [5, 5.41) is 0.978. The Morgan fingerprint density at radius 1 is 0.731 bits per heavy atom. The first-order chi connectivity index (χ1) is 12.6. The zero-order valence-corrected chi connectivity index (χ0v) is 15.1. The summed E-state index contributed by atoms with van der Waals surface area (Å²) < 4.78 is 25.9. The molecule has 26 heavy (non-hydrogen) atoms.